The Morgan fingerprint density at radius 1 is 0.865 bits per heavy atom. The second-order valence-corrected chi connectivity index (χ2v) is 11.4. The molecule has 1 N–H and O–H groups in total. The predicted molar refractivity (Wildman–Crippen MR) is 144 cm³/mol. The molecule has 0 aliphatic carbocycles. The lowest BCUT2D eigenvalue weighted by Gasteiger charge is -2.37. The fraction of sp³-hybridized carbons (Fsp3) is 0.345. The Morgan fingerprint density at radius 2 is 1.57 bits per heavy atom. The van der Waals surface area contributed by atoms with Crippen LogP contribution in [0.15, 0.2) is 77.7 Å². The molecule has 2 amide bonds. The molecule has 0 saturated carbocycles. The van der Waals surface area contributed by atoms with Gasteiger partial charge in [0.15, 0.2) is 0 Å². The first-order valence-corrected chi connectivity index (χ1v) is 14.0. The maximum atomic E-state index is 13.0. The summed E-state index contributed by atoms with van der Waals surface area (Å²) in [6.45, 7) is 3.90. The number of benzene rings is 3. The van der Waals surface area contributed by atoms with Crippen molar-refractivity contribution in [2.24, 2.45) is 0 Å². The molecule has 2 fully saturated rings. The molecule has 37 heavy (non-hydrogen) atoms. The van der Waals surface area contributed by atoms with Crippen molar-refractivity contribution in [3.05, 3.63) is 78.4 Å². The second-order valence-electron chi connectivity index (χ2n) is 9.88. The van der Waals surface area contributed by atoms with Crippen LogP contribution in [0.2, 0.25) is 0 Å². The van der Waals surface area contributed by atoms with Gasteiger partial charge in [-0.1, -0.05) is 36.4 Å². The number of ether oxygens (including phenoxy) is 2. The lowest BCUT2D eigenvalue weighted by Crippen LogP contribution is -2.47. The number of piperidine rings is 1. The zero-order chi connectivity index (χ0) is 25.2. The van der Waals surface area contributed by atoms with Gasteiger partial charge in [-0.3, -0.25) is 0 Å². The fourth-order valence-corrected chi connectivity index (χ4v) is 6.55. The van der Waals surface area contributed by atoms with Crippen LogP contribution in [0.25, 0.3) is 11.1 Å². The van der Waals surface area contributed by atoms with Crippen LogP contribution in [0.3, 0.4) is 0 Å². The molecule has 192 valence electrons. The lowest BCUT2D eigenvalue weighted by atomic mass is 9.87. The van der Waals surface area contributed by atoms with Crippen LogP contribution in [-0.2, 0) is 22.1 Å². The van der Waals surface area contributed by atoms with Crippen LogP contribution in [0, 0.1) is 0 Å². The Morgan fingerprint density at radius 3 is 2.30 bits per heavy atom. The zero-order valence-electron chi connectivity index (χ0n) is 20.7. The van der Waals surface area contributed by atoms with Crippen LogP contribution in [0.4, 0.5) is 10.5 Å². The first kappa shape index (κ1) is 24.2. The number of rotatable bonds is 4. The van der Waals surface area contributed by atoms with Gasteiger partial charge >= 0.3 is 6.03 Å². The topological polar surface area (TPSA) is 71.1 Å². The molecule has 3 aliphatic rings. The van der Waals surface area contributed by atoms with Gasteiger partial charge in [0.05, 0.1) is 18.1 Å². The van der Waals surface area contributed by atoms with Crippen LogP contribution in [0.1, 0.15) is 18.4 Å². The first-order chi connectivity index (χ1) is 18.1. The zero-order valence-corrected chi connectivity index (χ0v) is 21.5. The van der Waals surface area contributed by atoms with E-state index < -0.39 is 11.0 Å². The van der Waals surface area contributed by atoms with Crippen molar-refractivity contribution in [3.63, 3.8) is 0 Å². The van der Waals surface area contributed by atoms with Gasteiger partial charge in [0.2, 0.25) is 0 Å². The molecule has 1 unspecified atom stereocenters. The number of carbonyl (C=O) groups excluding carboxylic acids is 1. The van der Waals surface area contributed by atoms with Crippen molar-refractivity contribution >= 4 is 22.7 Å². The molecular weight excluding hydrogens is 486 g/mol. The monoisotopic (exact) mass is 517 g/mol. The van der Waals surface area contributed by atoms with E-state index in [0.717, 1.165) is 59.8 Å². The van der Waals surface area contributed by atoms with E-state index in [0.29, 0.717) is 26.3 Å². The Hall–Kier alpha value is -3.20. The maximum Gasteiger partial charge on any atom is 0.321 e. The summed E-state index contributed by atoms with van der Waals surface area (Å²) in [6.07, 6.45) is 2.58. The molecule has 3 aromatic carbocycles. The average Bonchev–Trinajstić information content (AvgIpc) is 3.31. The Kier molecular flexibility index (Phi) is 6.71. The maximum absolute atomic E-state index is 13.0. The average molecular weight is 518 g/mol. The third-order valence-electron chi connectivity index (χ3n) is 7.48. The van der Waals surface area contributed by atoms with Crippen molar-refractivity contribution in [2.45, 2.75) is 29.8 Å². The molecule has 0 radical (unpaired) electrons. The quantitative estimate of drug-likeness (QED) is 0.544. The number of carbonyl (C=O) groups is 1. The lowest BCUT2D eigenvalue weighted by molar-refractivity contribution is 0.0418. The summed E-state index contributed by atoms with van der Waals surface area (Å²) in [4.78, 5) is 15.1. The van der Waals surface area contributed by atoms with E-state index >= 15 is 0 Å². The van der Waals surface area contributed by atoms with E-state index in [1.165, 1.54) is 5.56 Å². The first-order valence-electron chi connectivity index (χ1n) is 12.9. The number of fused-ring (bicyclic) bond motifs is 1. The minimum absolute atomic E-state index is 0.0883. The number of urea groups is 1. The number of hydrogen-bond acceptors (Lipinski definition) is 4. The van der Waals surface area contributed by atoms with E-state index in [1.807, 2.05) is 54.6 Å². The third-order valence-corrected chi connectivity index (χ3v) is 8.99. The number of nitrogens with one attached hydrogen (secondary N) is 1. The number of nitrogens with zero attached hydrogens (tertiary/aromatic N) is 2. The highest BCUT2D eigenvalue weighted by atomic mass is 32.2. The Bertz CT molecular complexity index is 1280. The molecule has 8 heteroatoms. The van der Waals surface area contributed by atoms with Gasteiger partial charge in [0, 0.05) is 51.1 Å². The highest BCUT2D eigenvalue weighted by Gasteiger charge is 2.43. The second kappa shape index (κ2) is 10.3. The van der Waals surface area contributed by atoms with Crippen molar-refractivity contribution in [1.82, 2.24) is 9.21 Å². The third kappa shape index (κ3) is 5.14. The molecule has 1 atom stereocenters. The fourth-order valence-electron chi connectivity index (χ4n) is 5.35. The molecule has 1 spiro atoms. The van der Waals surface area contributed by atoms with Crippen LogP contribution < -0.4 is 10.1 Å². The number of hydrogen-bond donors (Lipinski definition) is 1. The van der Waals surface area contributed by atoms with Gasteiger partial charge < -0.3 is 19.7 Å². The van der Waals surface area contributed by atoms with Crippen molar-refractivity contribution in [1.29, 1.82) is 0 Å². The van der Waals surface area contributed by atoms with E-state index in [9.17, 15) is 9.00 Å². The number of anilines is 1. The number of morpholine rings is 1. The summed E-state index contributed by atoms with van der Waals surface area (Å²) < 4.78 is 26.8. The van der Waals surface area contributed by atoms with Gasteiger partial charge in [-0.2, -0.15) is 0 Å². The van der Waals surface area contributed by atoms with Gasteiger partial charge in [-0.05, 0) is 53.1 Å². The minimum Gasteiger partial charge on any atom is -0.487 e. The summed E-state index contributed by atoms with van der Waals surface area (Å²) in [7, 11) is -1.13. The summed E-state index contributed by atoms with van der Waals surface area (Å²) in [6, 6.07) is 23.9. The van der Waals surface area contributed by atoms with Gasteiger partial charge in [0.1, 0.15) is 22.3 Å². The predicted octanol–water partition coefficient (Wildman–Crippen LogP) is 4.71. The molecule has 3 heterocycles. The molecule has 7 nitrogen and oxygen atoms in total. The largest absolute Gasteiger partial charge is 0.487 e. The summed E-state index contributed by atoms with van der Waals surface area (Å²) in [5.74, 6) is 0.954. The van der Waals surface area contributed by atoms with E-state index in [1.54, 1.807) is 4.90 Å². The molecule has 3 aromatic rings. The van der Waals surface area contributed by atoms with E-state index in [4.69, 9.17) is 9.47 Å². The highest BCUT2D eigenvalue weighted by Crippen LogP contribution is 2.43. The van der Waals surface area contributed by atoms with Gasteiger partial charge in [0.25, 0.3) is 0 Å². The summed E-state index contributed by atoms with van der Waals surface area (Å²) >= 11 is 0. The van der Waals surface area contributed by atoms with E-state index in [-0.39, 0.29) is 11.6 Å². The van der Waals surface area contributed by atoms with Crippen LogP contribution >= 0.6 is 0 Å². The number of amides is 2. The smallest absolute Gasteiger partial charge is 0.321 e. The minimum atomic E-state index is -1.13. The van der Waals surface area contributed by atoms with Crippen LogP contribution in [-0.4, -0.2) is 64.4 Å². The standard InChI is InChI=1S/C29H31N3O4S/c33-28(31-16-18-35-19-17-31)30-25-9-6-22(7-10-25)23-8-11-27-24(20-23)21-29(36-27)12-14-32(15-13-29)37(34)26-4-2-1-3-5-26/h1-11,20H,12-19,21H2,(H,30,33). The van der Waals surface area contributed by atoms with Crippen molar-refractivity contribution < 1.29 is 18.5 Å². The van der Waals surface area contributed by atoms with Crippen LogP contribution in [0.5, 0.6) is 5.75 Å². The molecule has 6 rings (SSSR count). The van der Waals surface area contributed by atoms with Gasteiger partial charge in [-0.25, -0.2) is 13.3 Å². The molecule has 3 aliphatic heterocycles. The highest BCUT2D eigenvalue weighted by molar-refractivity contribution is 7.82. The summed E-state index contributed by atoms with van der Waals surface area (Å²) in [5.41, 5.74) is 4.02. The van der Waals surface area contributed by atoms with Gasteiger partial charge in [-0.15, -0.1) is 0 Å². The van der Waals surface area contributed by atoms with Crippen molar-refractivity contribution in [2.75, 3.05) is 44.7 Å². The SMILES string of the molecule is O=C(Nc1ccc(-c2ccc3c(c2)CC2(CCN(S(=O)c4ccccc4)CC2)O3)cc1)N1CCOCC1. The molecular formula is C29H31N3O4S. The summed E-state index contributed by atoms with van der Waals surface area (Å²) in [5, 5.41) is 2.98. The Balaban J connectivity index is 1.09. The Labute approximate surface area is 220 Å². The normalized spacial score (nSPS) is 19.7. The molecule has 0 bridgehead atoms. The molecule has 0 aromatic heterocycles. The van der Waals surface area contributed by atoms with E-state index in [2.05, 4.69) is 27.8 Å². The molecule has 2 saturated heterocycles. The van der Waals surface area contributed by atoms with Crippen molar-refractivity contribution in [3.8, 4) is 16.9 Å².